The fraction of sp³-hybridized carbons (Fsp3) is 0.231. The largest absolute Gasteiger partial charge is 0.422 e. The topological polar surface area (TPSA) is 47.3 Å². The molecule has 0 amide bonds. The Labute approximate surface area is 92.7 Å². The van der Waals surface area contributed by atoms with E-state index in [9.17, 15) is 9.59 Å². The van der Waals surface area contributed by atoms with Crippen molar-refractivity contribution >= 4 is 16.8 Å². The number of aryl methyl sites for hydroxylation is 1. The minimum Gasteiger partial charge on any atom is -0.422 e. The zero-order valence-electron chi connectivity index (χ0n) is 9.24. The lowest BCUT2D eigenvalue weighted by Crippen LogP contribution is -2.15. The molecule has 0 atom stereocenters. The monoisotopic (exact) mass is 216 g/mol. The number of hydrogen-bond donors (Lipinski definition) is 0. The first kappa shape index (κ1) is 10.6. The van der Waals surface area contributed by atoms with E-state index in [1.54, 1.807) is 12.1 Å². The molecule has 0 fully saturated rings. The van der Waals surface area contributed by atoms with E-state index in [1.165, 1.54) is 6.92 Å². The second kappa shape index (κ2) is 3.93. The molecule has 2 aromatic rings. The van der Waals surface area contributed by atoms with Gasteiger partial charge in [-0.2, -0.15) is 0 Å². The molecule has 0 radical (unpaired) electrons. The average molecular weight is 216 g/mol. The molecule has 1 heterocycles. The summed E-state index contributed by atoms with van der Waals surface area (Å²) in [6.07, 6.45) is 0.640. The molecule has 0 aliphatic rings. The van der Waals surface area contributed by atoms with Crippen molar-refractivity contribution < 1.29 is 9.21 Å². The third kappa shape index (κ3) is 1.54. The molecule has 0 spiro atoms. The first-order valence-electron chi connectivity index (χ1n) is 5.20. The molecule has 3 nitrogen and oxygen atoms in total. The van der Waals surface area contributed by atoms with Crippen molar-refractivity contribution in [3.63, 3.8) is 0 Å². The van der Waals surface area contributed by atoms with E-state index in [0.29, 0.717) is 12.0 Å². The average Bonchev–Trinajstić information content (AvgIpc) is 2.26. The van der Waals surface area contributed by atoms with Gasteiger partial charge in [0.2, 0.25) is 0 Å². The highest BCUT2D eigenvalue weighted by molar-refractivity contribution is 5.99. The van der Waals surface area contributed by atoms with Gasteiger partial charge < -0.3 is 4.42 Å². The molecule has 0 N–H and O–H groups in total. The normalized spacial score (nSPS) is 10.6. The second-order valence-corrected chi connectivity index (χ2v) is 3.65. The number of para-hydroxylation sites is 1. The van der Waals surface area contributed by atoms with Crippen LogP contribution in [0, 0.1) is 0 Å². The fourth-order valence-electron chi connectivity index (χ4n) is 1.94. The van der Waals surface area contributed by atoms with Crippen molar-refractivity contribution in [1.29, 1.82) is 0 Å². The molecule has 0 aliphatic heterocycles. The van der Waals surface area contributed by atoms with Crippen molar-refractivity contribution in [3.05, 3.63) is 45.8 Å². The number of ketones is 1. The van der Waals surface area contributed by atoms with Crippen LogP contribution >= 0.6 is 0 Å². The van der Waals surface area contributed by atoms with Crippen LogP contribution in [0.15, 0.2) is 33.5 Å². The van der Waals surface area contributed by atoms with E-state index in [4.69, 9.17) is 4.42 Å². The molecular weight excluding hydrogens is 204 g/mol. The van der Waals surface area contributed by atoms with Gasteiger partial charge in [0.05, 0.1) is 0 Å². The molecule has 16 heavy (non-hydrogen) atoms. The number of carbonyl (C=O) groups excluding carboxylic acids is 1. The summed E-state index contributed by atoms with van der Waals surface area (Å²) in [5.74, 6) is -0.239. The minimum atomic E-state index is -0.539. The maximum atomic E-state index is 11.7. The van der Waals surface area contributed by atoms with Crippen LogP contribution in [-0.2, 0) is 6.42 Å². The third-order valence-electron chi connectivity index (χ3n) is 2.63. The highest BCUT2D eigenvalue weighted by Crippen LogP contribution is 2.20. The second-order valence-electron chi connectivity index (χ2n) is 3.65. The van der Waals surface area contributed by atoms with Gasteiger partial charge >= 0.3 is 5.63 Å². The minimum absolute atomic E-state index is 0.182. The van der Waals surface area contributed by atoms with E-state index < -0.39 is 5.63 Å². The summed E-state index contributed by atoms with van der Waals surface area (Å²) in [6, 6.07) is 7.27. The number of hydrogen-bond acceptors (Lipinski definition) is 3. The summed E-state index contributed by atoms with van der Waals surface area (Å²) in [5, 5.41) is 0.842. The Kier molecular flexibility index (Phi) is 2.60. The van der Waals surface area contributed by atoms with Gasteiger partial charge in [-0.1, -0.05) is 25.1 Å². The van der Waals surface area contributed by atoms with Crippen molar-refractivity contribution in [1.82, 2.24) is 0 Å². The van der Waals surface area contributed by atoms with Gasteiger partial charge in [0.1, 0.15) is 11.1 Å². The van der Waals surface area contributed by atoms with E-state index in [0.717, 1.165) is 10.9 Å². The third-order valence-corrected chi connectivity index (χ3v) is 2.63. The molecule has 1 aromatic heterocycles. The molecule has 82 valence electrons. The molecule has 2 rings (SSSR count). The Morgan fingerprint density at radius 1 is 1.31 bits per heavy atom. The van der Waals surface area contributed by atoms with Crippen LogP contribution in [0.3, 0.4) is 0 Å². The van der Waals surface area contributed by atoms with Crippen molar-refractivity contribution in [3.8, 4) is 0 Å². The number of Topliss-reactive ketones (excluding diaryl/α,β-unsaturated/α-hetero) is 1. The summed E-state index contributed by atoms with van der Waals surface area (Å²) in [4.78, 5) is 23.1. The number of rotatable bonds is 2. The Hall–Kier alpha value is -1.90. The quantitative estimate of drug-likeness (QED) is 0.572. The lowest BCUT2D eigenvalue weighted by Gasteiger charge is -2.06. The molecule has 0 aliphatic carbocycles. The maximum absolute atomic E-state index is 11.7. The van der Waals surface area contributed by atoms with Crippen LogP contribution in [0.5, 0.6) is 0 Å². The number of carbonyl (C=O) groups is 1. The van der Waals surface area contributed by atoms with E-state index in [-0.39, 0.29) is 11.3 Å². The summed E-state index contributed by atoms with van der Waals surface area (Å²) >= 11 is 0. The van der Waals surface area contributed by atoms with Crippen LogP contribution in [-0.4, -0.2) is 5.78 Å². The predicted octanol–water partition coefficient (Wildman–Crippen LogP) is 2.56. The smallest absolute Gasteiger partial charge is 0.347 e. The standard InChI is InChI=1S/C13H12O3/c1-3-9-10-6-4-5-7-11(10)16-13(15)12(9)8(2)14/h4-7H,3H2,1-2H3. The van der Waals surface area contributed by atoms with Crippen molar-refractivity contribution in [2.24, 2.45) is 0 Å². The molecule has 0 saturated carbocycles. The van der Waals surface area contributed by atoms with Gasteiger partial charge in [0.15, 0.2) is 5.78 Å². The van der Waals surface area contributed by atoms with E-state index in [2.05, 4.69) is 0 Å². The lowest BCUT2D eigenvalue weighted by atomic mass is 10.0. The van der Waals surface area contributed by atoms with Crippen LogP contribution in [0.4, 0.5) is 0 Å². The SMILES string of the molecule is CCc1c(C(C)=O)c(=O)oc2ccccc12. The number of benzene rings is 1. The molecular formula is C13H12O3. The molecule has 1 aromatic carbocycles. The fourth-order valence-corrected chi connectivity index (χ4v) is 1.94. The lowest BCUT2D eigenvalue weighted by molar-refractivity contribution is 0.101. The van der Waals surface area contributed by atoms with E-state index in [1.807, 2.05) is 19.1 Å². The van der Waals surface area contributed by atoms with Crippen molar-refractivity contribution in [2.45, 2.75) is 20.3 Å². The van der Waals surface area contributed by atoms with Gasteiger partial charge in [-0.15, -0.1) is 0 Å². The number of fused-ring (bicyclic) bond motifs is 1. The summed E-state index contributed by atoms with van der Waals surface area (Å²) in [5.41, 5.74) is 0.956. The van der Waals surface area contributed by atoms with Crippen molar-refractivity contribution in [2.75, 3.05) is 0 Å². The Morgan fingerprint density at radius 2 is 2.00 bits per heavy atom. The van der Waals surface area contributed by atoms with Gasteiger partial charge in [0, 0.05) is 5.39 Å². The molecule has 0 saturated heterocycles. The first-order chi connectivity index (χ1) is 7.65. The van der Waals surface area contributed by atoms with Gasteiger partial charge in [-0.25, -0.2) is 4.79 Å². The van der Waals surface area contributed by atoms with Gasteiger partial charge in [-0.3, -0.25) is 4.79 Å². The first-order valence-corrected chi connectivity index (χ1v) is 5.20. The Bertz CT molecular complexity index is 608. The summed E-state index contributed by atoms with van der Waals surface area (Å²) in [7, 11) is 0. The van der Waals surface area contributed by atoms with Crippen LogP contribution in [0.25, 0.3) is 11.0 Å². The zero-order valence-corrected chi connectivity index (χ0v) is 9.24. The maximum Gasteiger partial charge on any atom is 0.347 e. The Balaban J connectivity index is 2.96. The van der Waals surface area contributed by atoms with Crippen LogP contribution < -0.4 is 5.63 Å². The van der Waals surface area contributed by atoms with Crippen LogP contribution in [0.2, 0.25) is 0 Å². The summed E-state index contributed by atoms with van der Waals surface area (Å²) in [6.45, 7) is 3.31. The Morgan fingerprint density at radius 3 is 2.62 bits per heavy atom. The van der Waals surface area contributed by atoms with Gasteiger partial charge in [-0.05, 0) is 25.0 Å². The van der Waals surface area contributed by atoms with Gasteiger partial charge in [0.25, 0.3) is 0 Å². The summed E-state index contributed by atoms with van der Waals surface area (Å²) < 4.78 is 5.12. The zero-order chi connectivity index (χ0) is 11.7. The molecule has 0 unspecified atom stereocenters. The molecule has 3 heteroatoms. The molecule has 0 bridgehead atoms. The van der Waals surface area contributed by atoms with E-state index >= 15 is 0 Å². The highest BCUT2D eigenvalue weighted by atomic mass is 16.4. The highest BCUT2D eigenvalue weighted by Gasteiger charge is 2.16. The van der Waals surface area contributed by atoms with Crippen LogP contribution in [0.1, 0.15) is 29.8 Å². The predicted molar refractivity (Wildman–Crippen MR) is 61.9 cm³/mol.